The van der Waals surface area contributed by atoms with E-state index in [2.05, 4.69) is 25.5 Å². The molecule has 7 N–H and O–H groups in total. The van der Waals surface area contributed by atoms with Gasteiger partial charge in [-0.15, -0.1) is 0 Å². The number of rotatable bonds is 6. The Labute approximate surface area is 175 Å². The van der Waals surface area contributed by atoms with Gasteiger partial charge in [0.1, 0.15) is 5.82 Å². The van der Waals surface area contributed by atoms with E-state index in [-0.39, 0.29) is 5.91 Å². The van der Waals surface area contributed by atoms with Crippen LogP contribution in [0.4, 0.5) is 11.5 Å². The number of pyridine rings is 1. The third-order valence-electron chi connectivity index (χ3n) is 5.18. The Bertz CT molecular complexity index is 1020. The maximum Gasteiger partial charge on any atom is 0.251 e. The lowest BCUT2D eigenvalue weighted by molar-refractivity contribution is 0.0955. The zero-order valence-corrected chi connectivity index (χ0v) is 16.8. The second-order valence-corrected chi connectivity index (χ2v) is 7.28. The summed E-state index contributed by atoms with van der Waals surface area (Å²) < 4.78 is 0. The first-order valence-electron chi connectivity index (χ1n) is 10.1. The summed E-state index contributed by atoms with van der Waals surface area (Å²) in [6.07, 6.45) is 1.77. The Morgan fingerprint density at radius 1 is 1.13 bits per heavy atom. The molecule has 3 aromatic rings. The second-order valence-electron chi connectivity index (χ2n) is 7.28. The topological polar surface area (TPSA) is 125 Å². The first kappa shape index (κ1) is 19.9. The molecule has 1 aliphatic rings. The molecule has 2 aromatic heterocycles. The van der Waals surface area contributed by atoms with Crippen molar-refractivity contribution in [2.75, 3.05) is 49.9 Å². The molecule has 1 amide bonds. The fourth-order valence-electron chi connectivity index (χ4n) is 3.63. The van der Waals surface area contributed by atoms with Crippen LogP contribution in [0.15, 0.2) is 48.7 Å². The number of amides is 1. The Balaban J connectivity index is 1.60. The van der Waals surface area contributed by atoms with Gasteiger partial charge in [-0.3, -0.25) is 9.78 Å². The van der Waals surface area contributed by atoms with E-state index in [1.165, 1.54) is 0 Å². The van der Waals surface area contributed by atoms with Crippen molar-refractivity contribution >= 4 is 17.4 Å². The van der Waals surface area contributed by atoms with Crippen LogP contribution in [-0.4, -0.2) is 55.1 Å². The molecule has 1 saturated heterocycles. The van der Waals surface area contributed by atoms with Gasteiger partial charge in [0.05, 0.1) is 11.4 Å². The Kier molecular flexibility index (Phi) is 5.97. The molecule has 8 nitrogen and oxygen atoms in total. The van der Waals surface area contributed by atoms with Crippen LogP contribution in [0.2, 0.25) is 0 Å². The summed E-state index contributed by atoms with van der Waals surface area (Å²) in [6, 6.07) is 13.3. The van der Waals surface area contributed by atoms with Gasteiger partial charge in [-0.1, -0.05) is 12.1 Å². The maximum absolute atomic E-state index is 12.3. The number of nitrogen functional groups attached to an aromatic ring is 1. The van der Waals surface area contributed by atoms with E-state index in [0.29, 0.717) is 18.7 Å². The summed E-state index contributed by atoms with van der Waals surface area (Å²) in [5.74, 6) is 0.819. The minimum atomic E-state index is -0.142. The van der Waals surface area contributed by atoms with Crippen LogP contribution < -0.4 is 27.0 Å². The molecule has 0 aliphatic carbocycles. The minimum Gasteiger partial charge on any atom is -0.396 e. The molecule has 0 spiro atoms. The molecule has 1 aromatic carbocycles. The Hall–Kier alpha value is -3.36. The zero-order valence-electron chi connectivity index (χ0n) is 16.8. The Morgan fingerprint density at radius 2 is 1.97 bits per heavy atom. The number of aromatic amines is 1. The number of nitrogens with one attached hydrogen (secondary N) is 3. The van der Waals surface area contributed by atoms with Crippen molar-refractivity contribution in [2.24, 2.45) is 5.73 Å². The highest BCUT2D eigenvalue weighted by Crippen LogP contribution is 2.31. The van der Waals surface area contributed by atoms with Crippen molar-refractivity contribution in [3.63, 3.8) is 0 Å². The third kappa shape index (κ3) is 4.29. The zero-order chi connectivity index (χ0) is 20.9. The number of nitrogens with zero attached hydrogens (tertiary/aromatic N) is 2. The molecule has 156 valence electrons. The number of piperazine rings is 1. The van der Waals surface area contributed by atoms with Gasteiger partial charge in [0.25, 0.3) is 5.91 Å². The summed E-state index contributed by atoms with van der Waals surface area (Å²) in [5.41, 5.74) is 16.7. The summed E-state index contributed by atoms with van der Waals surface area (Å²) >= 11 is 0. The van der Waals surface area contributed by atoms with E-state index >= 15 is 0 Å². The number of hydrogen-bond donors (Lipinski definition) is 5. The predicted octanol–water partition coefficient (Wildman–Crippen LogP) is 1.42. The number of carbonyl (C=O) groups is 1. The van der Waals surface area contributed by atoms with Gasteiger partial charge in [0.15, 0.2) is 0 Å². The average molecular weight is 406 g/mol. The molecule has 1 fully saturated rings. The monoisotopic (exact) mass is 405 g/mol. The number of carbonyl (C=O) groups excluding carboxylic acids is 1. The quantitative estimate of drug-likeness (QED) is 0.422. The van der Waals surface area contributed by atoms with E-state index < -0.39 is 0 Å². The van der Waals surface area contributed by atoms with Crippen molar-refractivity contribution in [3.8, 4) is 22.5 Å². The number of anilines is 2. The van der Waals surface area contributed by atoms with Crippen LogP contribution in [0.1, 0.15) is 10.4 Å². The third-order valence-corrected chi connectivity index (χ3v) is 5.18. The van der Waals surface area contributed by atoms with Crippen molar-refractivity contribution in [1.29, 1.82) is 0 Å². The first-order chi connectivity index (χ1) is 14.7. The summed E-state index contributed by atoms with van der Waals surface area (Å²) in [6.45, 7) is 4.59. The fraction of sp³-hybridized carbons (Fsp3) is 0.273. The number of aromatic nitrogens is 2. The summed E-state index contributed by atoms with van der Waals surface area (Å²) in [4.78, 5) is 22.5. The second kappa shape index (κ2) is 8.98. The van der Waals surface area contributed by atoms with E-state index in [1.54, 1.807) is 12.3 Å². The van der Waals surface area contributed by atoms with E-state index in [0.717, 1.165) is 60.2 Å². The van der Waals surface area contributed by atoms with Gasteiger partial charge < -0.3 is 32.0 Å². The van der Waals surface area contributed by atoms with E-state index in [9.17, 15) is 4.79 Å². The molecule has 0 bridgehead atoms. The predicted molar refractivity (Wildman–Crippen MR) is 120 cm³/mol. The van der Waals surface area contributed by atoms with Crippen LogP contribution in [0.3, 0.4) is 0 Å². The first-order valence-corrected chi connectivity index (χ1v) is 10.1. The van der Waals surface area contributed by atoms with Crippen molar-refractivity contribution in [1.82, 2.24) is 20.6 Å². The molecule has 0 saturated carbocycles. The molecular formula is C22H27N7O. The van der Waals surface area contributed by atoms with Crippen LogP contribution in [0.25, 0.3) is 22.5 Å². The summed E-state index contributed by atoms with van der Waals surface area (Å²) in [5, 5.41) is 6.14. The lowest BCUT2D eigenvalue weighted by Crippen LogP contribution is -2.43. The highest BCUT2D eigenvalue weighted by molar-refractivity contribution is 5.95. The van der Waals surface area contributed by atoms with Crippen LogP contribution in [-0.2, 0) is 0 Å². The highest BCUT2D eigenvalue weighted by Gasteiger charge is 2.17. The number of hydrogen-bond acceptors (Lipinski definition) is 6. The highest BCUT2D eigenvalue weighted by atomic mass is 16.1. The lowest BCUT2D eigenvalue weighted by Gasteiger charge is -2.28. The largest absolute Gasteiger partial charge is 0.396 e. The minimum absolute atomic E-state index is 0.142. The van der Waals surface area contributed by atoms with E-state index in [4.69, 9.17) is 11.5 Å². The molecule has 4 rings (SSSR count). The SMILES string of the molecule is NCCNC(=O)c1cccc(-c2cc(-c3cc(N)c(N4CCNCC4)[nH]3)ccn2)c1. The lowest BCUT2D eigenvalue weighted by atomic mass is 10.0. The molecular weight excluding hydrogens is 378 g/mol. The summed E-state index contributed by atoms with van der Waals surface area (Å²) in [7, 11) is 0. The van der Waals surface area contributed by atoms with Crippen LogP contribution in [0, 0.1) is 0 Å². The van der Waals surface area contributed by atoms with Crippen molar-refractivity contribution in [3.05, 3.63) is 54.2 Å². The normalized spacial score (nSPS) is 14.0. The van der Waals surface area contributed by atoms with Crippen molar-refractivity contribution < 1.29 is 4.79 Å². The van der Waals surface area contributed by atoms with Crippen LogP contribution in [0.5, 0.6) is 0 Å². The smallest absolute Gasteiger partial charge is 0.251 e. The molecule has 0 radical (unpaired) electrons. The van der Waals surface area contributed by atoms with Gasteiger partial charge in [-0.25, -0.2) is 0 Å². The fourth-order valence-corrected chi connectivity index (χ4v) is 3.63. The molecule has 1 aliphatic heterocycles. The van der Waals surface area contributed by atoms with Gasteiger partial charge in [-0.05, 0) is 30.3 Å². The van der Waals surface area contributed by atoms with Crippen molar-refractivity contribution in [2.45, 2.75) is 0 Å². The average Bonchev–Trinajstić information content (AvgIpc) is 3.20. The van der Waals surface area contributed by atoms with Gasteiger partial charge in [0, 0.05) is 67.8 Å². The van der Waals surface area contributed by atoms with Gasteiger partial charge in [0.2, 0.25) is 0 Å². The maximum atomic E-state index is 12.3. The molecule has 0 unspecified atom stereocenters. The van der Waals surface area contributed by atoms with Gasteiger partial charge in [-0.2, -0.15) is 0 Å². The van der Waals surface area contributed by atoms with Crippen LogP contribution >= 0.6 is 0 Å². The Morgan fingerprint density at radius 3 is 2.77 bits per heavy atom. The molecule has 30 heavy (non-hydrogen) atoms. The number of benzene rings is 1. The molecule has 8 heteroatoms. The van der Waals surface area contributed by atoms with E-state index in [1.807, 2.05) is 36.4 Å². The number of H-pyrrole nitrogens is 1. The standard InChI is InChI=1S/C22H27N7O/c23-5-7-27-22(30)17-3-1-2-15(12-17)19-13-16(4-6-26-19)20-14-18(24)21(28-20)29-10-8-25-9-11-29/h1-4,6,12-14,25,28H,5,7-11,23-24H2,(H,27,30). The molecule has 3 heterocycles. The number of nitrogens with two attached hydrogens (primary N) is 2. The van der Waals surface area contributed by atoms with Gasteiger partial charge >= 0.3 is 0 Å². The molecule has 0 atom stereocenters.